The van der Waals surface area contributed by atoms with E-state index in [-0.39, 0.29) is 23.5 Å². The van der Waals surface area contributed by atoms with Crippen molar-refractivity contribution in [3.05, 3.63) is 23.5 Å². The molecule has 1 saturated carbocycles. The first kappa shape index (κ1) is 12.2. The lowest BCUT2D eigenvalue weighted by Gasteiger charge is -2.18. The molecule has 0 N–H and O–H groups in total. The smallest absolute Gasteiger partial charge is 0.421 e. The minimum Gasteiger partial charge on any atom is -0.490 e. The Kier molecular flexibility index (Phi) is 3.02. The molecule has 0 amide bonds. The highest BCUT2D eigenvalue weighted by Crippen LogP contribution is 2.41. The van der Waals surface area contributed by atoms with Crippen molar-refractivity contribution in [3.63, 3.8) is 0 Å². The molecule has 1 fully saturated rings. The third kappa shape index (κ3) is 2.70. The Labute approximate surface area is 97.8 Å². The molecule has 5 heteroatoms. The second kappa shape index (κ2) is 4.20. The Hall–Kier alpha value is -1.26. The predicted octanol–water partition coefficient (Wildman–Crippen LogP) is 3.77. The molecule has 2 rings (SSSR count). The summed E-state index contributed by atoms with van der Waals surface area (Å²) in [5.41, 5.74) is -0.669. The monoisotopic (exact) mass is 245 g/mol. The highest BCUT2D eigenvalue weighted by Gasteiger charge is 2.39. The summed E-state index contributed by atoms with van der Waals surface area (Å²) in [5, 5.41) is 0. The molecule has 0 saturated heterocycles. The maximum Gasteiger partial charge on any atom is 0.421 e. The lowest BCUT2D eigenvalue weighted by atomic mass is 10.0. The predicted molar refractivity (Wildman–Crippen MR) is 57.0 cm³/mol. The number of aromatic nitrogens is 1. The van der Waals surface area contributed by atoms with Crippen LogP contribution in [0.15, 0.2) is 12.3 Å². The molecule has 1 heterocycles. The first-order valence-corrected chi connectivity index (χ1v) is 5.62. The van der Waals surface area contributed by atoms with Gasteiger partial charge in [0.15, 0.2) is 0 Å². The van der Waals surface area contributed by atoms with Crippen molar-refractivity contribution < 1.29 is 17.9 Å². The SMILES string of the molecule is CC(C)c1nccc(OC2CC2)c1C(F)(F)F. The quantitative estimate of drug-likeness (QED) is 0.808. The van der Waals surface area contributed by atoms with Crippen molar-refractivity contribution in [2.45, 2.75) is 44.9 Å². The van der Waals surface area contributed by atoms with Crippen molar-refractivity contribution >= 4 is 0 Å². The molecular formula is C12H14F3NO. The largest absolute Gasteiger partial charge is 0.490 e. The average Bonchev–Trinajstić information content (AvgIpc) is 2.99. The average molecular weight is 245 g/mol. The van der Waals surface area contributed by atoms with Crippen molar-refractivity contribution in [2.24, 2.45) is 0 Å². The topological polar surface area (TPSA) is 22.1 Å². The number of alkyl halides is 3. The van der Waals surface area contributed by atoms with Gasteiger partial charge in [0.1, 0.15) is 11.3 Å². The molecule has 1 aliphatic rings. The molecule has 0 unspecified atom stereocenters. The van der Waals surface area contributed by atoms with E-state index in [1.807, 2.05) is 0 Å². The van der Waals surface area contributed by atoms with Gasteiger partial charge in [0.2, 0.25) is 0 Å². The highest BCUT2D eigenvalue weighted by atomic mass is 19.4. The first-order valence-electron chi connectivity index (χ1n) is 5.62. The van der Waals surface area contributed by atoms with Crippen LogP contribution in [0.4, 0.5) is 13.2 Å². The van der Waals surface area contributed by atoms with Crippen LogP contribution < -0.4 is 4.74 Å². The van der Waals surface area contributed by atoms with Crippen molar-refractivity contribution in [1.29, 1.82) is 0 Å². The third-order valence-electron chi connectivity index (χ3n) is 2.59. The number of pyridine rings is 1. The van der Waals surface area contributed by atoms with Gasteiger partial charge in [-0.05, 0) is 24.8 Å². The van der Waals surface area contributed by atoms with Crippen LogP contribution in [0.3, 0.4) is 0 Å². The summed E-state index contributed by atoms with van der Waals surface area (Å²) in [6.45, 7) is 3.39. The summed E-state index contributed by atoms with van der Waals surface area (Å²) < 4.78 is 44.4. The fourth-order valence-electron chi connectivity index (χ4n) is 1.65. The number of ether oxygens (including phenoxy) is 1. The number of hydrogen-bond acceptors (Lipinski definition) is 2. The molecule has 0 spiro atoms. The molecule has 0 aliphatic heterocycles. The fourth-order valence-corrected chi connectivity index (χ4v) is 1.65. The molecule has 1 aromatic heterocycles. The van der Waals surface area contributed by atoms with Crippen LogP contribution in [-0.4, -0.2) is 11.1 Å². The molecule has 94 valence electrons. The van der Waals surface area contributed by atoms with Crippen molar-refractivity contribution in [2.75, 3.05) is 0 Å². The third-order valence-corrected chi connectivity index (χ3v) is 2.59. The van der Waals surface area contributed by atoms with Gasteiger partial charge >= 0.3 is 6.18 Å². The summed E-state index contributed by atoms with van der Waals surface area (Å²) in [6, 6.07) is 1.30. The second-order valence-corrected chi connectivity index (χ2v) is 4.54. The highest BCUT2D eigenvalue weighted by molar-refractivity contribution is 5.40. The van der Waals surface area contributed by atoms with E-state index in [4.69, 9.17) is 4.74 Å². The normalized spacial score (nSPS) is 16.4. The fraction of sp³-hybridized carbons (Fsp3) is 0.583. The molecular weight excluding hydrogens is 231 g/mol. The van der Waals surface area contributed by atoms with Crippen LogP contribution in [-0.2, 0) is 6.18 Å². The summed E-state index contributed by atoms with van der Waals surface area (Å²) in [6.07, 6.45) is -1.44. The Balaban J connectivity index is 2.45. The van der Waals surface area contributed by atoms with Gasteiger partial charge in [-0.1, -0.05) is 13.8 Å². The van der Waals surface area contributed by atoms with Gasteiger partial charge in [-0.25, -0.2) is 0 Å². The summed E-state index contributed by atoms with van der Waals surface area (Å²) in [4.78, 5) is 3.83. The lowest BCUT2D eigenvalue weighted by molar-refractivity contribution is -0.140. The zero-order valence-corrected chi connectivity index (χ0v) is 9.71. The van der Waals surface area contributed by atoms with E-state index in [0.29, 0.717) is 0 Å². The van der Waals surface area contributed by atoms with Crippen LogP contribution >= 0.6 is 0 Å². The maximum atomic E-state index is 13.0. The van der Waals surface area contributed by atoms with Crippen molar-refractivity contribution in [3.8, 4) is 5.75 Å². The van der Waals surface area contributed by atoms with Crippen LogP contribution in [0, 0.1) is 0 Å². The maximum absolute atomic E-state index is 13.0. The van der Waals surface area contributed by atoms with Gasteiger partial charge in [0, 0.05) is 6.20 Å². The Morgan fingerprint density at radius 1 is 1.35 bits per heavy atom. The summed E-state index contributed by atoms with van der Waals surface area (Å²) in [5.74, 6) is -0.368. The van der Waals surface area contributed by atoms with E-state index in [0.717, 1.165) is 12.8 Å². The molecule has 0 bridgehead atoms. The van der Waals surface area contributed by atoms with E-state index in [1.54, 1.807) is 13.8 Å². The van der Waals surface area contributed by atoms with Gasteiger partial charge < -0.3 is 4.74 Å². The van der Waals surface area contributed by atoms with E-state index in [1.165, 1.54) is 12.3 Å². The van der Waals surface area contributed by atoms with Crippen LogP contribution in [0.1, 0.15) is 43.9 Å². The second-order valence-electron chi connectivity index (χ2n) is 4.54. The Morgan fingerprint density at radius 2 is 2.00 bits per heavy atom. The van der Waals surface area contributed by atoms with E-state index >= 15 is 0 Å². The van der Waals surface area contributed by atoms with Gasteiger partial charge in [-0.15, -0.1) is 0 Å². The molecule has 2 nitrogen and oxygen atoms in total. The van der Waals surface area contributed by atoms with Gasteiger partial charge in [0.05, 0.1) is 11.8 Å². The molecule has 0 radical (unpaired) electrons. The zero-order valence-electron chi connectivity index (χ0n) is 9.71. The first-order chi connectivity index (χ1) is 7.89. The minimum absolute atomic E-state index is 0.0515. The van der Waals surface area contributed by atoms with Gasteiger partial charge in [-0.2, -0.15) is 13.2 Å². The number of rotatable bonds is 3. The minimum atomic E-state index is -4.42. The Bertz CT molecular complexity index is 411. The summed E-state index contributed by atoms with van der Waals surface area (Å²) >= 11 is 0. The van der Waals surface area contributed by atoms with E-state index < -0.39 is 11.7 Å². The Morgan fingerprint density at radius 3 is 2.47 bits per heavy atom. The van der Waals surface area contributed by atoms with Crippen LogP contribution in [0.2, 0.25) is 0 Å². The van der Waals surface area contributed by atoms with Gasteiger partial charge in [0.25, 0.3) is 0 Å². The molecule has 17 heavy (non-hydrogen) atoms. The van der Waals surface area contributed by atoms with Crippen LogP contribution in [0.5, 0.6) is 5.75 Å². The lowest BCUT2D eigenvalue weighted by Crippen LogP contribution is -2.15. The van der Waals surface area contributed by atoms with Crippen LogP contribution in [0.25, 0.3) is 0 Å². The van der Waals surface area contributed by atoms with Crippen molar-refractivity contribution in [1.82, 2.24) is 4.98 Å². The standard InChI is InChI=1S/C12H14F3NO/c1-7(2)11-10(12(13,14)15)9(5-6-16-11)17-8-3-4-8/h5-8H,3-4H2,1-2H3. The van der Waals surface area contributed by atoms with E-state index in [9.17, 15) is 13.2 Å². The molecule has 0 aromatic carbocycles. The number of hydrogen-bond donors (Lipinski definition) is 0. The molecule has 0 atom stereocenters. The number of halogens is 3. The van der Waals surface area contributed by atoms with E-state index in [2.05, 4.69) is 4.98 Å². The molecule has 1 aromatic rings. The summed E-state index contributed by atoms with van der Waals surface area (Å²) in [7, 11) is 0. The number of nitrogens with zero attached hydrogens (tertiary/aromatic N) is 1. The molecule has 1 aliphatic carbocycles. The zero-order chi connectivity index (χ0) is 12.6. The van der Waals surface area contributed by atoms with Gasteiger partial charge in [-0.3, -0.25) is 4.98 Å².